The Morgan fingerprint density at radius 2 is 1.28 bits per heavy atom. The molecule has 0 N–H and O–H groups in total. The Labute approximate surface area is 163 Å². The summed E-state index contributed by atoms with van der Waals surface area (Å²) in [4.78, 5) is 34.9. The van der Waals surface area contributed by atoms with E-state index in [1.54, 1.807) is 13.8 Å². The maximum atomic E-state index is 12.3. The zero-order chi connectivity index (χ0) is 23.3. The maximum Gasteiger partial charge on any atom is 0.434 e. The van der Waals surface area contributed by atoms with E-state index >= 15 is 0 Å². The van der Waals surface area contributed by atoms with Gasteiger partial charge in [-0.15, -0.1) is 0 Å². The quantitative estimate of drug-likeness (QED) is 0.231. The highest BCUT2D eigenvalue weighted by molar-refractivity contribution is 5.91. The molecule has 0 saturated heterocycles. The highest BCUT2D eigenvalue weighted by Gasteiger charge is 2.60. The van der Waals surface area contributed by atoms with Crippen LogP contribution in [0.2, 0.25) is 0 Å². The van der Waals surface area contributed by atoms with Crippen LogP contribution in [0.25, 0.3) is 0 Å². The van der Waals surface area contributed by atoms with Gasteiger partial charge in [0, 0.05) is 0 Å². The number of carbonyl (C=O) groups excluding carboxylic acids is 3. The summed E-state index contributed by atoms with van der Waals surface area (Å²) in [6, 6.07) is 0. The zero-order valence-electron chi connectivity index (χ0n) is 16.6. The van der Waals surface area contributed by atoms with Gasteiger partial charge in [0.25, 0.3) is 6.10 Å². The molecule has 0 spiro atoms. The molecular weight excluding hydrogens is 414 g/mol. The molecule has 0 aromatic rings. The van der Waals surface area contributed by atoms with Gasteiger partial charge in [0.05, 0.1) is 5.41 Å². The van der Waals surface area contributed by atoms with Crippen LogP contribution in [0.5, 0.6) is 0 Å². The van der Waals surface area contributed by atoms with Crippen LogP contribution in [0.3, 0.4) is 0 Å². The monoisotopic (exact) mass is 438 g/mol. The Hall–Kier alpha value is -2.01. The van der Waals surface area contributed by atoms with Crippen molar-refractivity contribution in [3.63, 3.8) is 0 Å². The molecule has 29 heavy (non-hydrogen) atoms. The van der Waals surface area contributed by atoms with E-state index < -0.39 is 60.4 Å². The summed E-state index contributed by atoms with van der Waals surface area (Å²) in [5, 5.41) is 0. The average Bonchev–Trinajstić information content (AvgIpc) is 2.56. The lowest BCUT2D eigenvalue weighted by Gasteiger charge is -2.40. The summed E-state index contributed by atoms with van der Waals surface area (Å²) in [6.07, 6.45) is -16.7. The van der Waals surface area contributed by atoms with Crippen LogP contribution in [-0.4, -0.2) is 43.2 Å². The van der Waals surface area contributed by atoms with Crippen molar-refractivity contribution >= 4 is 17.9 Å². The van der Waals surface area contributed by atoms with Crippen LogP contribution in [0.15, 0.2) is 0 Å². The lowest BCUT2D eigenvalue weighted by Crippen LogP contribution is -2.45. The summed E-state index contributed by atoms with van der Waals surface area (Å²) in [5.41, 5.74) is -1.42. The van der Waals surface area contributed by atoms with Crippen LogP contribution < -0.4 is 0 Å². The lowest BCUT2D eigenvalue weighted by molar-refractivity contribution is -0.313. The van der Waals surface area contributed by atoms with E-state index in [1.165, 1.54) is 0 Å². The molecular formula is C17H24F6O6. The average molecular weight is 438 g/mol. The fourth-order valence-electron chi connectivity index (χ4n) is 2.26. The normalized spacial score (nSPS) is 14.9. The zero-order valence-corrected chi connectivity index (χ0v) is 16.6. The van der Waals surface area contributed by atoms with E-state index in [9.17, 15) is 40.7 Å². The van der Waals surface area contributed by atoms with Crippen molar-refractivity contribution in [2.45, 2.75) is 72.3 Å². The highest BCUT2D eigenvalue weighted by atomic mass is 19.4. The highest BCUT2D eigenvalue weighted by Crippen LogP contribution is 2.45. The van der Waals surface area contributed by atoms with E-state index in [0.717, 1.165) is 0 Å². The minimum atomic E-state index is -5.90. The van der Waals surface area contributed by atoms with E-state index in [1.807, 2.05) is 20.8 Å². The fraction of sp³-hybridized carbons (Fsp3) is 0.824. The first-order valence-corrected chi connectivity index (χ1v) is 8.58. The third-order valence-corrected chi connectivity index (χ3v) is 5.08. The van der Waals surface area contributed by atoms with E-state index in [0.29, 0.717) is 12.8 Å². The van der Waals surface area contributed by atoms with Crippen LogP contribution >= 0.6 is 0 Å². The van der Waals surface area contributed by atoms with Crippen molar-refractivity contribution in [3.05, 3.63) is 0 Å². The van der Waals surface area contributed by atoms with Gasteiger partial charge in [-0.1, -0.05) is 27.7 Å². The minimum absolute atomic E-state index is 0.392. The Kier molecular flexibility index (Phi) is 8.99. The molecule has 0 radical (unpaired) electrons. The fourth-order valence-corrected chi connectivity index (χ4v) is 2.26. The standard InChI is InChI=1S/C17H24F6O6/c1-6-14(3,4)15(5,7-2)13(26)28-9-27-10(24)8-11(25)29-12(16(18,19)20)17(21,22)23/h12H,6-9H2,1-5H3. The van der Waals surface area contributed by atoms with E-state index in [2.05, 4.69) is 9.47 Å². The molecule has 1 unspecified atom stereocenters. The number of rotatable bonds is 9. The molecule has 0 heterocycles. The first-order valence-electron chi connectivity index (χ1n) is 8.58. The van der Waals surface area contributed by atoms with E-state index in [4.69, 9.17) is 4.74 Å². The maximum absolute atomic E-state index is 12.3. The van der Waals surface area contributed by atoms with Gasteiger partial charge < -0.3 is 14.2 Å². The van der Waals surface area contributed by atoms with Gasteiger partial charge >= 0.3 is 30.3 Å². The van der Waals surface area contributed by atoms with Gasteiger partial charge in [0.2, 0.25) is 6.79 Å². The molecule has 0 aliphatic carbocycles. The number of hydrogen-bond acceptors (Lipinski definition) is 6. The van der Waals surface area contributed by atoms with Crippen LogP contribution in [0.4, 0.5) is 26.3 Å². The van der Waals surface area contributed by atoms with Crippen molar-refractivity contribution in [2.24, 2.45) is 10.8 Å². The Bertz CT molecular complexity index is 584. The second-order valence-corrected chi connectivity index (χ2v) is 7.12. The molecule has 12 heteroatoms. The van der Waals surface area contributed by atoms with Crippen molar-refractivity contribution in [1.29, 1.82) is 0 Å². The predicted molar refractivity (Wildman–Crippen MR) is 86.1 cm³/mol. The SMILES string of the molecule is CCC(C)(C)C(C)(CC)C(=O)OCOC(=O)CC(=O)OC(C(F)(F)F)C(F)(F)F. The van der Waals surface area contributed by atoms with Gasteiger partial charge in [-0.2, -0.15) is 26.3 Å². The summed E-state index contributed by atoms with van der Waals surface area (Å²) in [5.74, 6) is -4.32. The first-order chi connectivity index (χ1) is 12.9. The molecule has 170 valence electrons. The largest absolute Gasteiger partial charge is 0.442 e. The lowest BCUT2D eigenvalue weighted by atomic mass is 9.64. The van der Waals surface area contributed by atoms with Gasteiger partial charge in [0.1, 0.15) is 6.42 Å². The van der Waals surface area contributed by atoms with Gasteiger partial charge in [-0.25, -0.2) is 0 Å². The summed E-state index contributed by atoms with van der Waals surface area (Å²) < 4.78 is 86.4. The number of carbonyl (C=O) groups is 3. The van der Waals surface area contributed by atoms with E-state index in [-0.39, 0.29) is 0 Å². The molecule has 0 aliphatic rings. The van der Waals surface area contributed by atoms with Crippen molar-refractivity contribution in [1.82, 2.24) is 0 Å². The van der Waals surface area contributed by atoms with Gasteiger partial charge in [0.15, 0.2) is 0 Å². The van der Waals surface area contributed by atoms with Crippen LogP contribution in [-0.2, 0) is 28.6 Å². The number of alkyl halides is 6. The third-order valence-electron chi connectivity index (χ3n) is 5.08. The topological polar surface area (TPSA) is 78.9 Å². The number of ether oxygens (including phenoxy) is 3. The molecule has 0 aromatic carbocycles. The summed E-state index contributed by atoms with van der Waals surface area (Å²) >= 11 is 0. The summed E-state index contributed by atoms with van der Waals surface area (Å²) in [6.45, 7) is 7.96. The number of halogens is 6. The smallest absolute Gasteiger partial charge is 0.434 e. The van der Waals surface area contributed by atoms with Gasteiger partial charge in [-0.3, -0.25) is 14.4 Å². The molecule has 0 fully saturated rings. The van der Waals surface area contributed by atoms with Crippen molar-refractivity contribution in [3.8, 4) is 0 Å². The first kappa shape index (κ1) is 27.0. The van der Waals surface area contributed by atoms with Gasteiger partial charge in [-0.05, 0) is 25.2 Å². The second-order valence-electron chi connectivity index (χ2n) is 7.12. The molecule has 0 rings (SSSR count). The minimum Gasteiger partial charge on any atom is -0.442 e. The molecule has 0 aromatic heterocycles. The predicted octanol–water partition coefficient (Wildman–Crippen LogP) is 4.31. The Morgan fingerprint density at radius 3 is 1.66 bits per heavy atom. The number of hydrogen-bond donors (Lipinski definition) is 0. The second kappa shape index (κ2) is 9.66. The number of esters is 3. The molecule has 0 bridgehead atoms. The molecule has 0 amide bonds. The summed E-state index contributed by atoms with van der Waals surface area (Å²) in [7, 11) is 0. The molecule has 1 atom stereocenters. The third kappa shape index (κ3) is 7.39. The van der Waals surface area contributed by atoms with Crippen molar-refractivity contribution in [2.75, 3.05) is 6.79 Å². The molecule has 0 saturated carbocycles. The molecule has 0 aliphatic heterocycles. The van der Waals surface area contributed by atoms with Crippen molar-refractivity contribution < 1.29 is 54.9 Å². The van der Waals surface area contributed by atoms with Crippen LogP contribution in [0, 0.1) is 10.8 Å². The van der Waals surface area contributed by atoms with Crippen LogP contribution in [0.1, 0.15) is 53.9 Å². The Morgan fingerprint density at radius 1 is 0.793 bits per heavy atom. The Balaban J connectivity index is 4.75. The molecule has 6 nitrogen and oxygen atoms in total.